The summed E-state index contributed by atoms with van der Waals surface area (Å²) in [5.74, 6) is 0. The van der Waals surface area contributed by atoms with Crippen LogP contribution < -0.4 is 0 Å². The Bertz CT molecular complexity index is 15.5. The summed E-state index contributed by atoms with van der Waals surface area (Å²) in [6.45, 7) is 0. The predicted octanol–water partition coefficient (Wildman–Crippen LogP) is -2.38. The fourth-order valence-corrected chi connectivity index (χ4v) is 0. The first kappa shape index (κ1) is 52.9. The SMILES string of the molecule is B.[Co].[Fe].[GaH3].[Nd].[W]. The maximum Gasteiger partial charge on any atom is 0 e. The van der Waals surface area contributed by atoms with Gasteiger partial charge in [0.05, 0.1) is 8.41 Å². The third kappa shape index (κ3) is 25.1. The van der Waals surface area contributed by atoms with Gasteiger partial charge in [0, 0.05) is 95.8 Å². The molecule has 0 saturated carbocycles. The molecule has 0 aromatic rings. The molecule has 0 N–H and O–H groups in total. The maximum absolute atomic E-state index is 0. The van der Waals surface area contributed by atoms with E-state index < -0.39 is 0 Å². The molecule has 6 heteroatoms. The smallest absolute Gasteiger partial charge is 0 e. The molecule has 0 unspecified atom stereocenters. The molecule has 0 bridgehead atoms. The van der Waals surface area contributed by atoms with Crippen LogP contribution in [0.1, 0.15) is 0 Å². The van der Waals surface area contributed by atoms with Crippen LogP contribution in [-0.4, -0.2) is 28.2 Å². The normalized spacial score (nSPS) is 0. The van der Waals surface area contributed by atoms with E-state index in [2.05, 4.69) is 0 Å². The van der Waals surface area contributed by atoms with Crippen LogP contribution >= 0.6 is 0 Å². The van der Waals surface area contributed by atoms with E-state index in [4.69, 9.17) is 0 Å². The third-order valence-corrected chi connectivity index (χ3v) is 0. The Hall–Kier alpha value is 3.77. The summed E-state index contributed by atoms with van der Waals surface area (Å²) in [5, 5.41) is 0. The summed E-state index contributed by atoms with van der Waals surface area (Å²) in [7, 11) is 0. The Labute approximate surface area is 121 Å². The second-order valence-corrected chi connectivity index (χ2v) is 0. The van der Waals surface area contributed by atoms with E-state index in [0.717, 1.165) is 0 Å². The molecule has 0 saturated heterocycles. The van der Waals surface area contributed by atoms with E-state index in [-0.39, 0.29) is 124 Å². The zero-order valence-electron chi connectivity index (χ0n) is 1.60. The zero-order chi connectivity index (χ0) is 0. The summed E-state index contributed by atoms with van der Waals surface area (Å²) in [4.78, 5) is 0. The van der Waals surface area contributed by atoms with Crippen molar-refractivity contribution in [3.05, 3.63) is 0 Å². The van der Waals surface area contributed by atoms with Crippen molar-refractivity contribution in [2.75, 3.05) is 0 Å². The quantitative estimate of drug-likeness (QED) is 0.308. The van der Waals surface area contributed by atoms with Gasteiger partial charge >= 0.3 is 19.8 Å². The molecule has 0 aliphatic rings. The van der Waals surface area contributed by atoms with Crippen molar-refractivity contribution in [1.29, 1.82) is 0 Å². The minimum atomic E-state index is 0. The van der Waals surface area contributed by atoms with Crippen molar-refractivity contribution in [3.63, 3.8) is 0 Å². The largest absolute Gasteiger partial charge is 0 e. The molecule has 0 amide bonds. The minimum Gasteiger partial charge on any atom is 0 e. The van der Waals surface area contributed by atoms with Gasteiger partial charge in [0.1, 0.15) is 0 Å². The van der Waals surface area contributed by atoms with E-state index in [0.29, 0.717) is 0 Å². The summed E-state index contributed by atoms with van der Waals surface area (Å²) in [6, 6.07) is 0. The summed E-state index contributed by atoms with van der Waals surface area (Å²) in [5.41, 5.74) is 0. The first-order valence-corrected chi connectivity index (χ1v) is 0. The third-order valence-electron chi connectivity index (χ3n) is 0. The molecule has 39 valence electrons. The first-order chi connectivity index (χ1) is 0. The molecule has 0 aromatic carbocycles. The topological polar surface area (TPSA) is 0 Å². The Kier molecular flexibility index (Phi) is 329. The van der Waals surface area contributed by atoms with Gasteiger partial charge in [-0.2, -0.15) is 0 Å². The molecular weight excluding hydrogens is 523 g/mol. The van der Waals surface area contributed by atoms with Crippen molar-refractivity contribution < 1.29 is 95.8 Å². The Morgan fingerprint density at radius 3 is 1.00 bits per heavy atom. The van der Waals surface area contributed by atoms with E-state index in [9.17, 15) is 0 Å². The molecule has 0 atom stereocenters. The van der Waals surface area contributed by atoms with Gasteiger partial charge in [0.25, 0.3) is 0 Å². The van der Waals surface area contributed by atoms with Gasteiger partial charge < -0.3 is 0 Å². The molecule has 0 spiro atoms. The second-order valence-electron chi connectivity index (χ2n) is 0. The van der Waals surface area contributed by atoms with E-state index in [1.54, 1.807) is 0 Å². The number of hydrogen-bond donors (Lipinski definition) is 0. The van der Waals surface area contributed by atoms with Crippen LogP contribution in [0.3, 0.4) is 0 Å². The molecule has 1 radical (unpaired) electrons. The van der Waals surface area contributed by atoms with Crippen LogP contribution in [0.4, 0.5) is 0 Å². The molecular formula is H6BCoFeGaNdW. The standard InChI is InChI=1S/BH3.Co.Fe.Ga.Nd.W.3H/h1H3;;;;;;;;. The second kappa shape index (κ2) is 37.3. The minimum absolute atomic E-state index is 0. The summed E-state index contributed by atoms with van der Waals surface area (Å²) < 4.78 is 0. The Balaban J connectivity index is 0. The van der Waals surface area contributed by atoms with Crippen molar-refractivity contribution in [2.24, 2.45) is 0 Å². The van der Waals surface area contributed by atoms with Gasteiger partial charge in [-0.25, -0.2) is 0 Å². The van der Waals surface area contributed by atoms with E-state index in [1.807, 2.05) is 0 Å². The van der Waals surface area contributed by atoms with Crippen LogP contribution in [0.2, 0.25) is 0 Å². The van der Waals surface area contributed by atoms with Gasteiger partial charge in [-0.1, -0.05) is 0 Å². The number of hydrogen-bond acceptors (Lipinski definition) is 0. The average molecular weight is 529 g/mol. The van der Waals surface area contributed by atoms with E-state index in [1.165, 1.54) is 0 Å². The predicted molar refractivity (Wildman–Crippen MR) is 19.9 cm³/mol. The van der Waals surface area contributed by atoms with Crippen molar-refractivity contribution in [3.8, 4) is 0 Å². The van der Waals surface area contributed by atoms with Crippen molar-refractivity contribution in [2.45, 2.75) is 0 Å². The Morgan fingerprint density at radius 2 is 1.00 bits per heavy atom. The van der Waals surface area contributed by atoms with Gasteiger partial charge in [0.2, 0.25) is 0 Å². The first-order valence-electron chi connectivity index (χ1n) is 0. The molecule has 6 heavy (non-hydrogen) atoms. The van der Waals surface area contributed by atoms with E-state index >= 15 is 0 Å². The molecule has 0 rings (SSSR count). The number of rotatable bonds is 0. The monoisotopic (exact) mass is 527 g/mol. The van der Waals surface area contributed by atoms with Crippen LogP contribution in [0.5, 0.6) is 0 Å². The molecule has 0 fully saturated rings. The zero-order valence-corrected chi connectivity index (χ0v) is 9.88. The van der Waals surface area contributed by atoms with Gasteiger partial charge in [-0.3, -0.25) is 0 Å². The van der Waals surface area contributed by atoms with Crippen molar-refractivity contribution >= 4 is 28.2 Å². The van der Waals surface area contributed by atoms with Crippen LogP contribution in [0, 0.1) is 40.8 Å². The molecule has 0 nitrogen and oxygen atoms in total. The van der Waals surface area contributed by atoms with Crippen molar-refractivity contribution in [1.82, 2.24) is 0 Å². The van der Waals surface area contributed by atoms with Gasteiger partial charge in [0.15, 0.2) is 0 Å². The van der Waals surface area contributed by atoms with Gasteiger partial charge in [-0.05, 0) is 0 Å². The average Bonchev–Trinajstić information content (AvgIpc) is 0. The molecule has 0 aliphatic heterocycles. The molecule has 0 heterocycles. The van der Waals surface area contributed by atoms with Gasteiger partial charge in [-0.15, -0.1) is 0 Å². The Morgan fingerprint density at radius 1 is 1.00 bits per heavy atom. The fraction of sp³-hybridized carbons (Fsp3) is 0. The maximum atomic E-state index is 0. The fourth-order valence-electron chi connectivity index (χ4n) is 0. The summed E-state index contributed by atoms with van der Waals surface area (Å²) in [6.07, 6.45) is 0. The van der Waals surface area contributed by atoms with Crippen LogP contribution in [-0.2, 0) is 54.9 Å². The van der Waals surface area contributed by atoms with Crippen LogP contribution in [0.15, 0.2) is 0 Å². The summed E-state index contributed by atoms with van der Waals surface area (Å²) >= 11 is 0. The van der Waals surface area contributed by atoms with Crippen LogP contribution in [0.25, 0.3) is 0 Å². The molecule has 0 aromatic heterocycles. The molecule has 0 aliphatic carbocycles.